The molecule has 0 aliphatic rings. The van der Waals surface area contributed by atoms with Gasteiger partial charge in [0.05, 0.1) is 51.9 Å². The van der Waals surface area contributed by atoms with Crippen LogP contribution in [0.25, 0.3) is 103 Å². The summed E-state index contributed by atoms with van der Waals surface area (Å²) in [6, 6.07) is 61.3. The SMILES string of the molecule is [C-]#[N+]c1ccc2c(c1)c1ccccc1n2-c1cccc(-c2ccc(-n3c4ccccc4c4cccc(-n5c6ccccc6c6ccccc65)c43)cc2[N+]#[C-])c1. The van der Waals surface area contributed by atoms with Crippen LogP contribution in [0.15, 0.2) is 176 Å². The summed E-state index contributed by atoms with van der Waals surface area (Å²) in [4.78, 5) is 7.83. The number of hydrogen-bond acceptors (Lipinski definition) is 0. The highest BCUT2D eigenvalue weighted by Crippen LogP contribution is 2.42. The minimum atomic E-state index is 0.582. The topological polar surface area (TPSA) is 23.5 Å². The maximum atomic E-state index is 8.45. The van der Waals surface area contributed by atoms with E-state index < -0.39 is 0 Å². The second-order valence-electron chi connectivity index (χ2n) is 13.9. The summed E-state index contributed by atoms with van der Waals surface area (Å²) in [6.45, 7) is 16.0. The highest BCUT2D eigenvalue weighted by atomic mass is 15.1. The Kier molecular flexibility index (Phi) is 6.61. The molecule has 0 fully saturated rings. The van der Waals surface area contributed by atoms with Crippen LogP contribution in [-0.4, -0.2) is 13.7 Å². The third kappa shape index (κ3) is 4.45. The highest BCUT2D eigenvalue weighted by Gasteiger charge is 2.21. The van der Waals surface area contributed by atoms with Crippen molar-refractivity contribution in [3.8, 4) is 28.2 Å². The fourth-order valence-corrected chi connectivity index (χ4v) is 8.75. The third-order valence-corrected chi connectivity index (χ3v) is 11.1. The third-order valence-electron chi connectivity index (χ3n) is 11.1. The molecule has 254 valence electrons. The Balaban J connectivity index is 1.12. The summed E-state index contributed by atoms with van der Waals surface area (Å²) in [7, 11) is 0. The van der Waals surface area contributed by atoms with Gasteiger partial charge in [0, 0.05) is 38.3 Å². The first-order valence-corrected chi connectivity index (χ1v) is 18.3. The number of benzene rings is 8. The van der Waals surface area contributed by atoms with Gasteiger partial charge in [0.25, 0.3) is 0 Å². The Hall–Kier alpha value is -7.86. The van der Waals surface area contributed by atoms with E-state index in [0.717, 1.165) is 82.8 Å². The fourth-order valence-electron chi connectivity index (χ4n) is 8.75. The van der Waals surface area contributed by atoms with Gasteiger partial charge in [-0.2, -0.15) is 0 Å². The van der Waals surface area contributed by atoms with E-state index in [9.17, 15) is 0 Å². The number of aromatic nitrogens is 3. The molecule has 0 amide bonds. The number of hydrogen-bond donors (Lipinski definition) is 0. The average molecular weight is 700 g/mol. The van der Waals surface area contributed by atoms with Crippen LogP contribution in [0.3, 0.4) is 0 Å². The van der Waals surface area contributed by atoms with Gasteiger partial charge in [-0.3, -0.25) is 0 Å². The summed E-state index contributed by atoms with van der Waals surface area (Å²) in [5, 5.41) is 6.90. The van der Waals surface area contributed by atoms with Gasteiger partial charge in [0.15, 0.2) is 11.4 Å². The lowest BCUT2D eigenvalue weighted by atomic mass is 10.0. The predicted octanol–water partition coefficient (Wildman–Crippen LogP) is 13.7. The molecule has 8 aromatic carbocycles. The van der Waals surface area contributed by atoms with Gasteiger partial charge in [0.2, 0.25) is 0 Å². The van der Waals surface area contributed by atoms with Crippen LogP contribution in [-0.2, 0) is 0 Å². The minimum absolute atomic E-state index is 0.582. The summed E-state index contributed by atoms with van der Waals surface area (Å²) in [5.74, 6) is 0. The molecular weight excluding hydrogens is 671 g/mol. The lowest BCUT2D eigenvalue weighted by Gasteiger charge is -2.16. The Labute approximate surface area is 316 Å². The van der Waals surface area contributed by atoms with Crippen molar-refractivity contribution in [3.63, 3.8) is 0 Å². The van der Waals surface area contributed by atoms with Gasteiger partial charge in [-0.15, -0.1) is 0 Å². The van der Waals surface area contributed by atoms with Crippen LogP contribution in [0, 0.1) is 13.1 Å². The van der Waals surface area contributed by atoms with Gasteiger partial charge < -0.3 is 13.7 Å². The zero-order chi connectivity index (χ0) is 36.6. The second-order valence-corrected chi connectivity index (χ2v) is 13.9. The predicted molar refractivity (Wildman–Crippen MR) is 227 cm³/mol. The minimum Gasteiger partial charge on any atom is -0.309 e. The molecule has 0 aliphatic carbocycles. The first-order valence-electron chi connectivity index (χ1n) is 18.3. The highest BCUT2D eigenvalue weighted by molar-refractivity contribution is 6.15. The number of nitrogens with zero attached hydrogens (tertiary/aromatic N) is 5. The van der Waals surface area contributed by atoms with Gasteiger partial charge in [-0.25, -0.2) is 9.69 Å². The van der Waals surface area contributed by atoms with Crippen LogP contribution in [0.5, 0.6) is 0 Å². The van der Waals surface area contributed by atoms with Crippen molar-refractivity contribution in [2.75, 3.05) is 0 Å². The Morgan fingerprint density at radius 2 is 0.909 bits per heavy atom. The van der Waals surface area contributed by atoms with Crippen molar-refractivity contribution in [2.24, 2.45) is 0 Å². The van der Waals surface area contributed by atoms with Crippen molar-refractivity contribution >= 4 is 76.8 Å². The molecule has 11 aromatic rings. The van der Waals surface area contributed by atoms with Gasteiger partial charge >= 0.3 is 0 Å². The molecule has 5 heteroatoms. The van der Waals surface area contributed by atoms with Crippen molar-refractivity contribution in [1.29, 1.82) is 0 Å². The van der Waals surface area contributed by atoms with E-state index in [0.29, 0.717) is 11.4 Å². The lowest BCUT2D eigenvalue weighted by molar-refractivity contribution is 1.13. The molecule has 0 unspecified atom stereocenters. The van der Waals surface area contributed by atoms with Crippen LogP contribution >= 0.6 is 0 Å². The van der Waals surface area contributed by atoms with E-state index >= 15 is 0 Å². The summed E-state index contributed by atoms with van der Waals surface area (Å²) in [6.07, 6.45) is 0. The number of rotatable bonds is 4. The summed E-state index contributed by atoms with van der Waals surface area (Å²) in [5.41, 5.74) is 12.7. The molecule has 3 aromatic heterocycles. The zero-order valence-corrected chi connectivity index (χ0v) is 29.5. The maximum absolute atomic E-state index is 8.45. The van der Waals surface area contributed by atoms with E-state index in [1.54, 1.807) is 0 Å². The molecule has 5 nitrogen and oxygen atoms in total. The largest absolute Gasteiger partial charge is 0.309 e. The Bertz CT molecular complexity index is 3420. The maximum Gasteiger partial charge on any atom is 0.196 e. The monoisotopic (exact) mass is 699 g/mol. The van der Waals surface area contributed by atoms with Gasteiger partial charge in [-0.05, 0) is 83.2 Å². The number of fused-ring (bicyclic) bond motifs is 9. The molecule has 0 aliphatic heterocycles. The van der Waals surface area contributed by atoms with Crippen LogP contribution in [0.2, 0.25) is 0 Å². The van der Waals surface area contributed by atoms with E-state index in [4.69, 9.17) is 13.1 Å². The Morgan fingerprint density at radius 3 is 1.58 bits per heavy atom. The van der Waals surface area contributed by atoms with E-state index in [2.05, 4.69) is 169 Å². The molecule has 3 heterocycles. The van der Waals surface area contributed by atoms with Crippen molar-refractivity contribution < 1.29 is 0 Å². The average Bonchev–Trinajstić information content (AvgIpc) is 3.89. The quantitative estimate of drug-likeness (QED) is 0.163. The van der Waals surface area contributed by atoms with Gasteiger partial charge in [0.1, 0.15) is 0 Å². The molecule has 0 spiro atoms. The zero-order valence-electron chi connectivity index (χ0n) is 29.5. The molecule has 0 atom stereocenters. The van der Waals surface area contributed by atoms with E-state index in [1.165, 1.54) is 10.8 Å². The molecule has 0 bridgehead atoms. The summed E-state index contributed by atoms with van der Waals surface area (Å²) >= 11 is 0. The molecule has 0 radical (unpaired) electrons. The first-order chi connectivity index (χ1) is 27.2. The van der Waals surface area contributed by atoms with Crippen LogP contribution in [0.4, 0.5) is 11.4 Å². The fraction of sp³-hybridized carbons (Fsp3) is 0. The normalized spacial score (nSPS) is 11.6. The van der Waals surface area contributed by atoms with E-state index in [-0.39, 0.29) is 0 Å². The van der Waals surface area contributed by atoms with Crippen molar-refractivity contribution in [3.05, 3.63) is 199 Å². The van der Waals surface area contributed by atoms with Crippen LogP contribution in [0.1, 0.15) is 0 Å². The van der Waals surface area contributed by atoms with Crippen molar-refractivity contribution in [1.82, 2.24) is 13.7 Å². The molecule has 0 saturated heterocycles. The first kappa shape index (κ1) is 30.7. The molecule has 11 rings (SSSR count). The van der Waals surface area contributed by atoms with E-state index in [1.807, 2.05) is 30.3 Å². The summed E-state index contributed by atoms with van der Waals surface area (Å²) < 4.78 is 6.96. The smallest absolute Gasteiger partial charge is 0.196 e. The second kappa shape index (κ2) is 11.8. The molecule has 55 heavy (non-hydrogen) atoms. The Morgan fingerprint density at radius 1 is 0.364 bits per heavy atom. The van der Waals surface area contributed by atoms with Crippen LogP contribution < -0.4 is 0 Å². The van der Waals surface area contributed by atoms with Gasteiger partial charge in [-0.1, -0.05) is 109 Å². The standard InChI is InChI=1S/C50H29N5/c1-51-33-25-28-48-42(30-33)40-18-6-7-20-44(40)53(48)34-14-11-13-32(29-34)36-27-26-35(31-43(36)52-2)54-45-21-8-5-17-39(45)41-19-12-24-49(50(41)54)55-46-22-9-3-15-37(46)38-16-4-10-23-47(38)55/h3-31H. The molecule has 0 N–H and O–H groups in total. The number of para-hydroxylation sites is 5. The molecular formula is C50H29N5. The lowest BCUT2D eigenvalue weighted by Crippen LogP contribution is -2.00. The molecule has 0 saturated carbocycles. The van der Waals surface area contributed by atoms with Crippen molar-refractivity contribution in [2.45, 2.75) is 0 Å².